The van der Waals surface area contributed by atoms with Gasteiger partial charge in [0, 0.05) is 32.7 Å². The predicted molar refractivity (Wildman–Crippen MR) is 194 cm³/mol. The molecule has 8 heteroatoms. The maximum absolute atomic E-state index is 13.9. The molecule has 0 radical (unpaired) electrons. The van der Waals surface area contributed by atoms with E-state index in [1.54, 1.807) is 19.4 Å². The van der Waals surface area contributed by atoms with E-state index < -0.39 is 0 Å². The molecule has 6 aromatic rings. The minimum absolute atomic E-state index is 0.214. The normalized spacial score (nSPS) is 11.6. The number of hydrogen-bond donors (Lipinski definition) is 0. The van der Waals surface area contributed by atoms with E-state index in [9.17, 15) is 4.79 Å². The maximum atomic E-state index is 13.9. The molecule has 0 spiro atoms. The molecule has 0 aliphatic rings. The molecule has 0 saturated heterocycles. The van der Waals surface area contributed by atoms with Gasteiger partial charge in [-0.05, 0) is 110 Å². The summed E-state index contributed by atoms with van der Waals surface area (Å²) in [5, 5.41) is 5.30. The second kappa shape index (κ2) is 13.4. The Morgan fingerprint density at radius 2 is 1.66 bits per heavy atom. The van der Waals surface area contributed by atoms with Gasteiger partial charge in [0.05, 0.1) is 24.2 Å². The van der Waals surface area contributed by atoms with Gasteiger partial charge in [0.2, 0.25) is 0 Å². The van der Waals surface area contributed by atoms with Gasteiger partial charge in [-0.2, -0.15) is 9.78 Å². The molecule has 0 aliphatic heterocycles. The number of hydrogen-bond acceptors (Lipinski definition) is 5. The van der Waals surface area contributed by atoms with Crippen LogP contribution in [0.1, 0.15) is 53.4 Å². The first-order valence-corrected chi connectivity index (χ1v) is 16.4. The fourth-order valence-corrected chi connectivity index (χ4v) is 6.11. The van der Waals surface area contributed by atoms with Crippen LogP contribution in [0.2, 0.25) is 0 Å². The van der Waals surface area contributed by atoms with E-state index in [1.807, 2.05) is 79.7 Å². The number of nitrogens with zero attached hydrogens (tertiary/aromatic N) is 4. The Balaban J connectivity index is 1.36. The molecule has 47 heavy (non-hydrogen) atoms. The fourth-order valence-electron chi connectivity index (χ4n) is 5.85. The molecule has 0 aliphatic carbocycles. The van der Waals surface area contributed by atoms with Gasteiger partial charge < -0.3 is 14.0 Å². The smallest absolute Gasteiger partial charge is 0.282 e. The Kier molecular flexibility index (Phi) is 9.14. The summed E-state index contributed by atoms with van der Waals surface area (Å²) in [5.74, 6) is 2.31. The number of ether oxygens (including phenoxy) is 2. The SMILES string of the molecule is COc1cc(C)c(-c2nc3ccccc3c(=O)n2N=Cc2cc(C)n(-c3ccc(OCc4ccc(Br)cc4)cc3)c2C)cc1C(C)C. The summed E-state index contributed by atoms with van der Waals surface area (Å²) in [5.41, 5.74) is 8.28. The van der Waals surface area contributed by atoms with Crippen LogP contribution in [0, 0.1) is 20.8 Å². The summed E-state index contributed by atoms with van der Waals surface area (Å²) in [6.07, 6.45) is 1.75. The number of rotatable bonds is 9. The van der Waals surface area contributed by atoms with Gasteiger partial charge in [-0.1, -0.05) is 54.0 Å². The van der Waals surface area contributed by atoms with Gasteiger partial charge in [-0.3, -0.25) is 4.79 Å². The van der Waals surface area contributed by atoms with Crippen molar-refractivity contribution in [2.24, 2.45) is 5.10 Å². The van der Waals surface area contributed by atoms with E-state index in [4.69, 9.17) is 19.6 Å². The molecule has 0 amide bonds. The van der Waals surface area contributed by atoms with Gasteiger partial charge in [0.25, 0.3) is 5.56 Å². The lowest BCUT2D eigenvalue weighted by molar-refractivity contribution is 0.306. The Bertz CT molecular complexity index is 2160. The first-order valence-electron chi connectivity index (χ1n) is 15.6. The van der Waals surface area contributed by atoms with Crippen molar-refractivity contribution in [3.63, 3.8) is 0 Å². The van der Waals surface area contributed by atoms with E-state index >= 15 is 0 Å². The molecule has 7 nitrogen and oxygen atoms in total. The Hall–Kier alpha value is -4.95. The van der Waals surface area contributed by atoms with Crippen LogP contribution >= 0.6 is 15.9 Å². The van der Waals surface area contributed by atoms with Crippen LogP contribution in [-0.2, 0) is 6.61 Å². The highest BCUT2D eigenvalue weighted by atomic mass is 79.9. The van der Waals surface area contributed by atoms with Crippen molar-refractivity contribution in [2.45, 2.75) is 47.1 Å². The number of aromatic nitrogens is 3. The van der Waals surface area contributed by atoms with Crippen molar-refractivity contribution in [1.82, 2.24) is 14.2 Å². The van der Waals surface area contributed by atoms with Gasteiger partial charge in [0.15, 0.2) is 5.82 Å². The summed E-state index contributed by atoms with van der Waals surface area (Å²) >= 11 is 3.47. The molecule has 0 unspecified atom stereocenters. The first kappa shape index (κ1) is 32.0. The third-order valence-corrected chi connectivity index (χ3v) is 8.92. The van der Waals surface area contributed by atoms with Crippen molar-refractivity contribution >= 4 is 33.0 Å². The molecule has 238 valence electrons. The molecule has 0 bridgehead atoms. The van der Waals surface area contributed by atoms with Gasteiger partial charge in [0.1, 0.15) is 18.1 Å². The minimum atomic E-state index is -0.226. The average molecular weight is 690 g/mol. The minimum Gasteiger partial charge on any atom is -0.496 e. The topological polar surface area (TPSA) is 70.6 Å². The Morgan fingerprint density at radius 3 is 2.36 bits per heavy atom. The zero-order valence-electron chi connectivity index (χ0n) is 27.4. The Morgan fingerprint density at radius 1 is 0.936 bits per heavy atom. The van der Waals surface area contributed by atoms with Crippen molar-refractivity contribution < 1.29 is 9.47 Å². The lowest BCUT2D eigenvalue weighted by Gasteiger charge is -2.17. The first-order chi connectivity index (χ1) is 22.6. The van der Waals surface area contributed by atoms with Crippen molar-refractivity contribution in [2.75, 3.05) is 7.11 Å². The fraction of sp³-hybridized carbons (Fsp3) is 0.205. The zero-order valence-corrected chi connectivity index (χ0v) is 29.0. The second-order valence-corrected chi connectivity index (χ2v) is 12.9. The van der Waals surface area contributed by atoms with E-state index in [2.05, 4.69) is 60.3 Å². The maximum Gasteiger partial charge on any atom is 0.282 e. The van der Waals surface area contributed by atoms with Gasteiger partial charge in [-0.15, -0.1) is 0 Å². The highest BCUT2D eigenvalue weighted by Gasteiger charge is 2.19. The monoisotopic (exact) mass is 688 g/mol. The second-order valence-electron chi connectivity index (χ2n) is 11.9. The molecule has 0 atom stereocenters. The van der Waals surface area contributed by atoms with Crippen molar-refractivity contribution in [3.8, 4) is 28.6 Å². The quantitative estimate of drug-likeness (QED) is 0.142. The molecule has 6 rings (SSSR count). The van der Waals surface area contributed by atoms with Crippen LogP contribution < -0.4 is 15.0 Å². The van der Waals surface area contributed by atoms with Crippen molar-refractivity contribution in [1.29, 1.82) is 0 Å². The molecule has 2 aromatic heterocycles. The summed E-state index contributed by atoms with van der Waals surface area (Å²) in [6, 6.07) is 29.7. The molecule has 4 aromatic carbocycles. The number of halogens is 1. The van der Waals surface area contributed by atoms with E-state index in [1.165, 1.54) is 4.68 Å². The van der Waals surface area contributed by atoms with E-state index in [0.29, 0.717) is 23.3 Å². The Labute approximate surface area is 283 Å². The third-order valence-electron chi connectivity index (χ3n) is 8.39. The summed E-state index contributed by atoms with van der Waals surface area (Å²) in [7, 11) is 1.68. The van der Waals surface area contributed by atoms with Crippen LogP contribution in [0.3, 0.4) is 0 Å². The van der Waals surface area contributed by atoms with Gasteiger partial charge >= 0.3 is 0 Å². The lowest BCUT2D eigenvalue weighted by atomic mass is 9.96. The summed E-state index contributed by atoms with van der Waals surface area (Å²) in [6.45, 7) is 10.9. The number of methoxy groups -OCH3 is 1. The summed E-state index contributed by atoms with van der Waals surface area (Å²) in [4.78, 5) is 18.9. The molecule has 0 saturated carbocycles. The average Bonchev–Trinajstić information content (AvgIpc) is 3.35. The van der Waals surface area contributed by atoms with Crippen LogP contribution in [0.4, 0.5) is 0 Å². The predicted octanol–water partition coefficient (Wildman–Crippen LogP) is 9.14. The van der Waals surface area contributed by atoms with Crippen molar-refractivity contribution in [3.05, 3.63) is 139 Å². The molecule has 0 fully saturated rings. The largest absolute Gasteiger partial charge is 0.496 e. The van der Waals surface area contributed by atoms with Crippen LogP contribution in [0.15, 0.2) is 105 Å². The highest BCUT2D eigenvalue weighted by molar-refractivity contribution is 9.10. The third kappa shape index (κ3) is 6.51. The van der Waals surface area contributed by atoms with Gasteiger partial charge in [-0.25, -0.2) is 4.98 Å². The van der Waals surface area contributed by atoms with Crippen LogP contribution in [0.5, 0.6) is 11.5 Å². The number of aryl methyl sites for hydroxylation is 2. The summed E-state index contributed by atoms with van der Waals surface area (Å²) < 4.78 is 16.3. The number of benzene rings is 4. The van der Waals surface area contributed by atoms with E-state index in [0.717, 1.165) is 60.9 Å². The van der Waals surface area contributed by atoms with E-state index in [-0.39, 0.29) is 11.5 Å². The lowest BCUT2D eigenvalue weighted by Crippen LogP contribution is -2.21. The number of para-hydroxylation sites is 1. The zero-order chi connectivity index (χ0) is 33.2. The standard InChI is InChI=1S/C39H37BrN4O3/c1-24(2)34-21-35(25(3)19-37(34)46-6)38-42-36-10-8-7-9-33(36)39(45)44(38)41-22-29-20-26(4)43(27(29)5)31-15-17-32(18-16-31)47-23-28-11-13-30(40)14-12-28/h7-22,24H,23H2,1-6H3. The molecular weight excluding hydrogens is 652 g/mol. The van der Waals surface area contributed by atoms with Crippen LogP contribution in [0.25, 0.3) is 28.0 Å². The molecule has 2 heterocycles. The number of fused-ring (bicyclic) bond motifs is 1. The molecular formula is C39H37BrN4O3. The van der Waals surface area contributed by atoms with Crippen LogP contribution in [-0.4, -0.2) is 27.6 Å². The highest BCUT2D eigenvalue weighted by Crippen LogP contribution is 2.34. The molecule has 0 N–H and O–H groups in total.